The van der Waals surface area contributed by atoms with Crippen LogP contribution < -0.4 is 10.6 Å². The highest BCUT2D eigenvalue weighted by molar-refractivity contribution is 7.99. The molecule has 2 amide bonds. The molecule has 0 spiro atoms. The molecule has 0 saturated heterocycles. The van der Waals surface area contributed by atoms with Gasteiger partial charge < -0.3 is 15.7 Å². The smallest absolute Gasteiger partial charge is 0.317 e. The van der Waals surface area contributed by atoms with Gasteiger partial charge in [-0.05, 0) is 42.8 Å². The number of urea groups is 1. The minimum atomic E-state index is -0.806. The number of carboxylic acids is 1. The van der Waals surface area contributed by atoms with E-state index in [1.807, 2.05) is 24.0 Å². The van der Waals surface area contributed by atoms with Gasteiger partial charge in [0.2, 0.25) is 0 Å². The Bertz CT molecular complexity index is 591. The van der Waals surface area contributed by atoms with Crippen molar-refractivity contribution >= 4 is 23.8 Å². The largest absolute Gasteiger partial charge is 0.480 e. The number of aliphatic carboxylic acids is 1. The van der Waals surface area contributed by atoms with Crippen molar-refractivity contribution in [3.63, 3.8) is 0 Å². The van der Waals surface area contributed by atoms with E-state index in [1.54, 1.807) is 11.8 Å². The lowest BCUT2D eigenvalue weighted by Gasteiger charge is -2.42. The third kappa shape index (κ3) is 6.25. The Morgan fingerprint density at radius 1 is 1.32 bits per heavy atom. The second-order valence-corrected chi connectivity index (χ2v) is 7.52. The molecule has 0 radical (unpaired) electrons. The summed E-state index contributed by atoms with van der Waals surface area (Å²) in [7, 11) is 0. The molecule has 1 aliphatic rings. The summed E-state index contributed by atoms with van der Waals surface area (Å²) in [4.78, 5) is 26.0. The van der Waals surface area contributed by atoms with Gasteiger partial charge in [0.15, 0.2) is 0 Å². The van der Waals surface area contributed by atoms with Gasteiger partial charge in [-0.2, -0.15) is 0 Å². The molecule has 1 aliphatic carbocycles. The molecule has 0 unspecified atom stereocenters. The van der Waals surface area contributed by atoms with Crippen LogP contribution in [0.25, 0.3) is 0 Å². The molecule has 2 rings (SSSR count). The minimum Gasteiger partial charge on any atom is -0.480 e. The molecular weight excluding hydrogens is 338 g/mol. The summed E-state index contributed by atoms with van der Waals surface area (Å²) in [5, 5.41) is 14.8. The van der Waals surface area contributed by atoms with Gasteiger partial charge in [0, 0.05) is 23.5 Å². The molecule has 3 N–H and O–H groups in total. The molecular formula is C18H27N3O3S. The highest BCUT2D eigenvalue weighted by Crippen LogP contribution is 2.25. The third-order valence-corrected chi connectivity index (χ3v) is 5.25. The number of hydrogen-bond acceptors (Lipinski definition) is 4. The summed E-state index contributed by atoms with van der Waals surface area (Å²) in [6.45, 7) is 5.35. The van der Waals surface area contributed by atoms with Gasteiger partial charge in [-0.3, -0.25) is 9.69 Å². The maximum atomic E-state index is 12.0. The fourth-order valence-corrected chi connectivity index (χ4v) is 3.75. The second kappa shape index (κ2) is 9.68. The number of nitrogens with zero attached hydrogens (tertiary/aromatic N) is 1. The van der Waals surface area contributed by atoms with Crippen molar-refractivity contribution in [3.8, 4) is 0 Å². The maximum absolute atomic E-state index is 12.0. The molecule has 0 atom stereocenters. The van der Waals surface area contributed by atoms with Gasteiger partial charge >= 0.3 is 12.0 Å². The van der Waals surface area contributed by atoms with E-state index < -0.39 is 5.97 Å². The Hall–Kier alpha value is -1.73. The lowest BCUT2D eigenvalue weighted by molar-refractivity contribution is -0.139. The Kier molecular flexibility index (Phi) is 7.58. The van der Waals surface area contributed by atoms with Crippen LogP contribution in [0.1, 0.15) is 32.3 Å². The number of carboxylic acid groups (broad SMARTS) is 1. The summed E-state index contributed by atoms with van der Waals surface area (Å²) in [5.74, 6) is 0.219. The summed E-state index contributed by atoms with van der Waals surface area (Å²) in [6, 6.07) is 8.37. The topological polar surface area (TPSA) is 81.7 Å². The van der Waals surface area contributed by atoms with Gasteiger partial charge in [0.25, 0.3) is 0 Å². The summed E-state index contributed by atoms with van der Waals surface area (Å²) >= 11 is 1.78. The van der Waals surface area contributed by atoms with Crippen LogP contribution in [0.3, 0.4) is 0 Å². The SMILES string of the molecule is CCSc1cccc(CNC(=O)NC2CC(N(CC)CC(=O)O)C2)c1. The van der Waals surface area contributed by atoms with Crippen LogP contribution in [0.2, 0.25) is 0 Å². The van der Waals surface area contributed by atoms with Crippen molar-refractivity contribution in [2.24, 2.45) is 0 Å². The van der Waals surface area contributed by atoms with Crippen molar-refractivity contribution in [2.45, 2.75) is 50.2 Å². The molecule has 0 bridgehead atoms. The standard InChI is InChI=1S/C18H27N3O3S/c1-3-21(12-17(22)23)15-9-14(10-15)20-18(24)19-11-13-6-5-7-16(8-13)25-4-2/h5-8,14-15H,3-4,9-12H2,1-2H3,(H,22,23)(H2,19,20,24). The highest BCUT2D eigenvalue weighted by Gasteiger charge is 2.34. The first-order valence-electron chi connectivity index (χ1n) is 8.73. The predicted molar refractivity (Wildman–Crippen MR) is 99.9 cm³/mol. The van der Waals surface area contributed by atoms with E-state index in [2.05, 4.69) is 29.7 Å². The van der Waals surface area contributed by atoms with Gasteiger partial charge in [-0.1, -0.05) is 26.0 Å². The molecule has 6 nitrogen and oxygen atoms in total. The first-order chi connectivity index (χ1) is 12.0. The number of carbonyl (C=O) groups excluding carboxylic acids is 1. The quantitative estimate of drug-likeness (QED) is 0.586. The Morgan fingerprint density at radius 2 is 2.08 bits per heavy atom. The molecule has 25 heavy (non-hydrogen) atoms. The van der Waals surface area contributed by atoms with Crippen LogP contribution in [0.4, 0.5) is 4.79 Å². The normalized spacial score (nSPS) is 19.3. The third-order valence-electron chi connectivity index (χ3n) is 4.37. The fourth-order valence-electron chi connectivity index (χ4n) is 3.01. The average Bonchev–Trinajstić information content (AvgIpc) is 2.54. The molecule has 1 fully saturated rings. The van der Waals surface area contributed by atoms with Crippen molar-refractivity contribution in [1.29, 1.82) is 0 Å². The number of nitrogens with one attached hydrogen (secondary N) is 2. The van der Waals surface area contributed by atoms with Crippen molar-refractivity contribution in [2.75, 3.05) is 18.8 Å². The highest BCUT2D eigenvalue weighted by atomic mass is 32.2. The number of amides is 2. The van der Waals surface area contributed by atoms with Crippen LogP contribution in [0, 0.1) is 0 Å². The summed E-state index contributed by atoms with van der Waals surface area (Å²) < 4.78 is 0. The molecule has 138 valence electrons. The van der Waals surface area contributed by atoms with E-state index in [0.717, 1.165) is 24.2 Å². The van der Waals surface area contributed by atoms with E-state index in [-0.39, 0.29) is 24.7 Å². The second-order valence-electron chi connectivity index (χ2n) is 6.19. The van der Waals surface area contributed by atoms with Gasteiger partial charge in [0.05, 0.1) is 6.54 Å². The molecule has 1 aromatic rings. The van der Waals surface area contributed by atoms with Gasteiger partial charge in [-0.15, -0.1) is 11.8 Å². The number of rotatable bonds is 9. The monoisotopic (exact) mass is 365 g/mol. The fraction of sp³-hybridized carbons (Fsp3) is 0.556. The molecule has 0 aromatic heterocycles. The number of likely N-dealkylation sites (N-methyl/N-ethyl adjacent to an activating group) is 1. The van der Waals surface area contributed by atoms with Crippen LogP contribution in [-0.4, -0.2) is 52.9 Å². The van der Waals surface area contributed by atoms with Crippen molar-refractivity contribution in [3.05, 3.63) is 29.8 Å². The number of thioether (sulfide) groups is 1. The summed E-state index contributed by atoms with van der Waals surface area (Å²) in [6.07, 6.45) is 1.61. The van der Waals surface area contributed by atoms with E-state index in [4.69, 9.17) is 5.11 Å². The lowest BCUT2D eigenvalue weighted by atomic mass is 9.85. The first-order valence-corrected chi connectivity index (χ1v) is 9.72. The van der Waals surface area contributed by atoms with E-state index in [9.17, 15) is 9.59 Å². The number of carbonyl (C=O) groups is 2. The van der Waals surface area contributed by atoms with Gasteiger partial charge in [0.1, 0.15) is 0 Å². The molecule has 0 aliphatic heterocycles. The average molecular weight is 365 g/mol. The molecule has 7 heteroatoms. The predicted octanol–water partition coefficient (Wildman–Crippen LogP) is 2.54. The van der Waals surface area contributed by atoms with E-state index in [1.165, 1.54) is 4.90 Å². The van der Waals surface area contributed by atoms with Crippen LogP contribution in [-0.2, 0) is 11.3 Å². The van der Waals surface area contributed by atoms with Crippen molar-refractivity contribution < 1.29 is 14.7 Å². The lowest BCUT2D eigenvalue weighted by Crippen LogP contribution is -2.56. The number of hydrogen-bond donors (Lipinski definition) is 3. The Morgan fingerprint density at radius 3 is 2.72 bits per heavy atom. The number of benzene rings is 1. The van der Waals surface area contributed by atoms with Crippen LogP contribution in [0.5, 0.6) is 0 Å². The van der Waals surface area contributed by atoms with Crippen LogP contribution >= 0.6 is 11.8 Å². The zero-order valence-corrected chi connectivity index (χ0v) is 15.6. The molecule has 1 saturated carbocycles. The zero-order chi connectivity index (χ0) is 18.2. The van der Waals surface area contributed by atoms with Crippen LogP contribution in [0.15, 0.2) is 29.2 Å². The van der Waals surface area contributed by atoms with E-state index >= 15 is 0 Å². The Balaban J connectivity index is 1.70. The van der Waals surface area contributed by atoms with Gasteiger partial charge in [-0.25, -0.2) is 4.79 Å². The molecule has 1 aromatic carbocycles. The minimum absolute atomic E-state index is 0.0617. The van der Waals surface area contributed by atoms with E-state index in [0.29, 0.717) is 13.1 Å². The molecule has 0 heterocycles. The summed E-state index contributed by atoms with van der Waals surface area (Å²) in [5.41, 5.74) is 1.08. The maximum Gasteiger partial charge on any atom is 0.317 e. The zero-order valence-electron chi connectivity index (χ0n) is 14.8. The van der Waals surface area contributed by atoms with Crippen molar-refractivity contribution in [1.82, 2.24) is 15.5 Å². The first kappa shape index (κ1) is 19.6. The Labute approximate surface area is 153 Å².